The van der Waals surface area contributed by atoms with Gasteiger partial charge in [-0.3, -0.25) is 0 Å². The summed E-state index contributed by atoms with van der Waals surface area (Å²) in [6.07, 6.45) is 0. The van der Waals surface area contributed by atoms with Crippen molar-refractivity contribution in [1.29, 1.82) is 0 Å². The molecule has 0 heterocycles. The Morgan fingerprint density at radius 1 is 1.44 bits per heavy atom. The van der Waals surface area contributed by atoms with Crippen molar-refractivity contribution in [3.8, 4) is 0 Å². The van der Waals surface area contributed by atoms with E-state index < -0.39 is 5.97 Å². The van der Waals surface area contributed by atoms with E-state index in [2.05, 4.69) is 6.92 Å². The number of aromatic carboxylic acids is 1. The average molecular weight is 257 g/mol. The summed E-state index contributed by atoms with van der Waals surface area (Å²) in [5, 5.41) is 9.11. The normalized spacial score (nSPS) is 12.4. The van der Waals surface area contributed by atoms with Crippen LogP contribution < -0.4 is 5.73 Å². The molecule has 0 saturated carbocycles. The Morgan fingerprint density at radius 2 is 2.06 bits per heavy atom. The van der Waals surface area contributed by atoms with Gasteiger partial charge in [0.15, 0.2) is 0 Å². The van der Waals surface area contributed by atoms with Gasteiger partial charge in [-0.2, -0.15) is 0 Å². The minimum absolute atomic E-state index is 0.329. The summed E-state index contributed by atoms with van der Waals surface area (Å²) >= 11 is 0. The van der Waals surface area contributed by atoms with Crippen LogP contribution in [0.1, 0.15) is 28.1 Å². The minimum atomic E-state index is -0.885. The summed E-state index contributed by atoms with van der Waals surface area (Å²) in [7, 11) is 3.50. The molecule has 0 spiro atoms. The SMILES string of the molecule is C[C@@H](SSCCN)c1ccc(C(=O)O)cc1. The quantitative estimate of drug-likeness (QED) is 0.606. The predicted octanol–water partition coefficient (Wildman–Crippen LogP) is 2.79. The van der Waals surface area contributed by atoms with E-state index in [1.807, 2.05) is 12.1 Å². The summed E-state index contributed by atoms with van der Waals surface area (Å²) in [5.41, 5.74) is 6.87. The summed E-state index contributed by atoms with van der Waals surface area (Å²) in [6.45, 7) is 2.78. The van der Waals surface area contributed by atoms with Gasteiger partial charge in [-0.1, -0.05) is 33.7 Å². The molecule has 0 unspecified atom stereocenters. The van der Waals surface area contributed by atoms with Gasteiger partial charge in [0.1, 0.15) is 0 Å². The van der Waals surface area contributed by atoms with Crippen molar-refractivity contribution in [2.45, 2.75) is 12.2 Å². The van der Waals surface area contributed by atoms with Crippen LogP contribution in [-0.4, -0.2) is 23.4 Å². The second-order valence-electron chi connectivity index (χ2n) is 3.28. The van der Waals surface area contributed by atoms with Gasteiger partial charge in [0.05, 0.1) is 5.56 Å². The zero-order valence-electron chi connectivity index (χ0n) is 9.05. The minimum Gasteiger partial charge on any atom is -0.478 e. The van der Waals surface area contributed by atoms with Gasteiger partial charge in [0, 0.05) is 17.5 Å². The number of hydrogen-bond acceptors (Lipinski definition) is 4. The molecule has 3 nitrogen and oxygen atoms in total. The van der Waals surface area contributed by atoms with Crippen LogP contribution in [-0.2, 0) is 0 Å². The number of rotatable bonds is 6. The number of carboxylic acid groups (broad SMARTS) is 1. The number of carbonyl (C=O) groups is 1. The molecule has 0 fully saturated rings. The molecule has 1 rings (SSSR count). The van der Waals surface area contributed by atoms with Crippen LogP contribution in [0.4, 0.5) is 0 Å². The van der Waals surface area contributed by atoms with Crippen molar-refractivity contribution < 1.29 is 9.90 Å². The fraction of sp³-hybridized carbons (Fsp3) is 0.364. The van der Waals surface area contributed by atoms with Crippen molar-refractivity contribution >= 4 is 27.6 Å². The summed E-state index contributed by atoms with van der Waals surface area (Å²) < 4.78 is 0. The molecule has 0 bridgehead atoms. The molecule has 0 saturated heterocycles. The zero-order valence-corrected chi connectivity index (χ0v) is 10.7. The molecule has 0 aliphatic rings. The molecule has 1 aromatic rings. The highest BCUT2D eigenvalue weighted by molar-refractivity contribution is 8.76. The van der Waals surface area contributed by atoms with E-state index in [0.29, 0.717) is 17.4 Å². The second kappa shape index (κ2) is 6.83. The lowest BCUT2D eigenvalue weighted by Gasteiger charge is -2.10. The van der Waals surface area contributed by atoms with Gasteiger partial charge in [0.2, 0.25) is 0 Å². The van der Waals surface area contributed by atoms with E-state index in [0.717, 1.165) is 11.3 Å². The van der Waals surface area contributed by atoms with Crippen LogP contribution in [0.25, 0.3) is 0 Å². The molecule has 16 heavy (non-hydrogen) atoms. The third-order valence-electron chi connectivity index (χ3n) is 2.04. The fourth-order valence-corrected chi connectivity index (χ4v) is 3.34. The van der Waals surface area contributed by atoms with Gasteiger partial charge in [-0.05, 0) is 24.6 Å². The zero-order chi connectivity index (χ0) is 12.0. The average Bonchev–Trinajstić information content (AvgIpc) is 2.29. The number of nitrogens with two attached hydrogens (primary N) is 1. The van der Waals surface area contributed by atoms with E-state index in [1.54, 1.807) is 33.7 Å². The Morgan fingerprint density at radius 3 is 2.56 bits per heavy atom. The molecule has 3 N–H and O–H groups in total. The van der Waals surface area contributed by atoms with Crippen molar-refractivity contribution in [2.24, 2.45) is 5.73 Å². The van der Waals surface area contributed by atoms with Crippen LogP contribution in [0.2, 0.25) is 0 Å². The highest BCUT2D eigenvalue weighted by Gasteiger charge is 2.08. The highest BCUT2D eigenvalue weighted by atomic mass is 33.1. The van der Waals surface area contributed by atoms with Crippen LogP contribution in [0.15, 0.2) is 24.3 Å². The van der Waals surface area contributed by atoms with Gasteiger partial charge >= 0.3 is 5.97 Å². The third kappa shape index (κ3) is 4.08. The van der Waals surface area contributed by atoms with Gasteiger partial charge in [0.25, 0.3) is 0 Å². The van der Waals surface area contributed by atoms with Crippen LogP contribution in [0, 0.1) is 0 Å². The molecule has 0 aromatic heterocycles. The number of carboxylic acids is 1. The predicted molar refractivity (Wildman–Crippen MR) is 70.9 cm³/mol. The first-order valence-corrected chi connectivity index (χ1v) is 7.35. The van der Waals surface area contributed by atoms with E-state index >= 15 is 0 Å². The van der Waals surface area contributed by atoms with E-state index in [1.165, 1.54) is 0 Å². The maximum Gasteiger partial charge on any atom is 0.335 e. The first-order valence-electron chi connectivity index (χ1n) is 4.96. The largest absolute Gasteiger partial charge is 0.478 e. The Kier molecular flexibility index (Phi) is 5.73. The topological polar surface area (TPSA) is 63.3 Å². The smallest absolute Gasteiger partial charge is 0.335 e. The van der Waals surface area contributed by atoms with Crippen LogP contribution >= 0.6 is 21.6 Å². The molecule has 0 radical (unpaired) electrons. The summed E-state index contributed by atoms with van der Waals surface area (Å²) in [5.74, 6) is 0.0479. The lowest BCUT2D eigenvalue weighted by molar-refractivity contribution is 0.0697. The highest BCUT2D eigenvalue weighted by Crippen LogP contribution is 2.37. The number of hydrogen-bond donors (Lipinski definition) is 2. The van der Waals surface area contributed by atoms with Gasteiger partial charge in [-0.25, -0.2) is 4.79 Å². The molecule has 0 aliphatic carbocycles. The Bertz CT molecular complexity index is 340. The molecule has 88 valence electrons. The van der Waals surface area contributed by atoms with Crippen molar-refractivity contribution in [2.75, 3.05) is 12.3 Å². The maximum atomic E-state index is 10.7. The standard InChI is InChI=1S/C11H15NO2S2/c1-8(16-15-7-6-12)9-2-4-10(5-3-9)11(13)14/h2-5,8H,6-7,12H2,1H3,(H,13,14)/t8-/m1/s1. The van der Waals surface area contributed by atoms with E-state index in [9.17, 15) is 4.79 Å². The Labute approximate surface area is 103 Å². The Hall–Kier alpha value is -0.650. The van der Waals surface area contributed by atoms with Crippen molar-refractivity contribution in [1.82, 2.24) is 0 Å². The first-order chi connectivity index (χ1) is 7.65. The molecule has 0 aliphatic heterocycles. The fourth-order valence-electron chi connectivity index (χ4n) is 1.15. The lowest BCUT2D eigenvalue weighted by atomic mass is 10.1. The van der Waals surface area contributed by atoms with Gasteiger partial charge < -0.3 is 10.8 Å². The third-order valence-corrected chi connectivity index (χ3v) is 4.91. The molecular formula is C11H15NO2S2. The van der Waals surface area contributed by atoms with Gasteiger partial charge in [-0.15, -0.1) is 0 Å². The molecular weight excluding hydrogens is 242 g/mol. The molecule has 1 atom stereocenters. The van der Waals surface area contributed by atoms with Crippen molar-refractivity contribution in [3.63, 3.8) is 0 Å². The summed E-state index contributed by atoms with van der Waals surface area (Å²) in [6, 6.07) is 7.01. The number of benzene rings is 1. The maximum absolute atomic E-state index is 10.7. The monoisotopic (exact) mass is 257 g/mol. The van der Waals surface area contributed by atoms with E-state index in [-0.39, 0.29) is 0 Å². The Balaban J connectivity index is 2.56. The van der Waals surface area contributed by atoms with E-state index in [4.69, 9.17) is 10.8 Å². The second-order valence-corrected chi connectivity index (χ2v) is 6.10. The molecule has 5 heteroatoms. The van der Waals surface area contributed by atoms with Crippen LogP contribution in [0.5, 0.6) is 0 Å². The summed E-state index contributed by atoms with van der Waals surface area (Å²) in [4.78, 5) is 10.7. The van der Waals surface area contributed by atoms with Crippen molar-refractivity contribution in [3.05, 3.63) is 35.4 Å². The molecule has 0 amide bonds. The first kappa shape index (κ1) is 13.4. The van der Waals surface area contributed by atoms with Crippen LogP contribution in [0.3, 0.4) is 0 Å². The molecule has 1 aromatic carbocycles. The lowest BCUT2D eigenvalue weighted by Crippen LogP contribution is -2.00.